The Bertz CT molecular complexity index is 1360. The number of fused-ring (bicyclic) bond motifs is 1. The van der Waals surface area contributed by atoms with Crippen molar-refractivity contribution in [3.8, 4) is 23.0 Å². The number of nitrogens with zero attached hydrogens (tertiary/aromatic N) is 1. The van der Waals surface area contributed by atoms with Crippen LogP contribution in [0.25, 0.3) is 17.2 Å². The molecule has 2 N–H and O–H groups in total. The number of hydrogen-bond donors (Lipinski definition) is 2. The normalized spacial score (nSPS) is 14.1. The summed E-state index contributed by atoms with van der Waals surface area (Å²) in [6, 6.07) is 7.27. The number of amides is 1. The van der Waals surface area contributed by atoms with E-state index in [0.29, 0.717) is 27.8 Å². The lowest BCUT2D eigenvalue weighted by Crippen LogP contribution is -2.22. The van der Waals surface area contributed by atoms with Gasteiger partial charge in [0, 0.05) is 11.6 Å². The van der Waals surface area contributed by atoms with Crippen LogP contribution in [-0.2, 0) is 11.3 Å². The maximum absolute atomic E-state index is 12.9. The van der Waals surface area contributed by atoms with Crippen LogP contribution in [0, 0.1) is 0 Å². The van der Waals surface area contributed by atoms with Crippen molar-refractivity contribution in [3.63, 3.8) is 0 Å². The first-order valence-corrected chi connectivity index (χ1v) is 11.9. The number of alkyl halides is 3. The van der Waals surface area contributed by atoms with Crippen LogP contribution in [-0.4, -0.2) is 36.6 Å². The van der Waals surface area contributed by atoms with Crippen LogP contribution in [0.15, 0.2) is 47.5 Å². The molecule has 3 aromatic rings. The monoisotopic (exact) mass is 532 g/mol. The molecule has 0 saturated carbocycles. The van der Waals surface area contributed by atoms with Crippen LogP contribution in [0.4, 0.5) is 13.2 Å². The minimum absolute atomic E-state index is 0.0563. The fourth-order valence-corrected chi connectivity index (χ4v) is 4.64. The molecule has 2 aromatic carbocycles. The second kappa shape index (κ2) is 10.6. The number of thiazole rings is 1. The zero-order valence-electron chi connectivity index (χ0n) is 20.1. The Morgan fingerprint density at radius 1 is 1.14 bits per heavy atom. The van der Waals surface area contributed by atoms with Crippen molar-refractivity contribution in [3.05, 3.63) is 69.2 Å². The molecular formula is C26H23F3N2O5S. The number of allylic oxidation sites excluding steroid dienone is 2. The largest absolute Gasteiger partial charge is 0.573 e. The summed E-state index contributed by atoms with van der Waals surface area (Å²) >= 11 is 1.40. The Morgan fingerprint density at radius 3 is 2.43 bits per heavy atom. The molecule has 1 amide bonds. The van der Waals surface area contributed by atoms with E-state index in [0.717, 1.165) is 10.6 Å². The summed E-state index contributed by atoms with van der Waals surface area (Å²) in [5.41, 5.74) is 3.72. The van der Waals surface area contributed by atoms with Gasteiger partial charge in [0.25, 0.3) is 0 Å². The Hall–Kier alpha value is -3.99. The maximum atomic E-state index is 12.9. The Balaban J connectivity index is 1.74. The van der Waals surface area contributed by atoms with Gasteiger partial charge in [-0.15, -0.1) is 24.5 Å². The van der Waals surface area contributed by atoms with Crippen LogP contribution in [0.1, 0.15) is 35.0 Å². The predicted octanol–water partition coefficient (Wildman–Crippen LogP) is 5.80. The molecule has 11 heteroatoms. The van der Waals surface area contributed by atoms with Gasteiger partial charge in [0.05, 0.1) is 27.2 Å². The summed E-state index contributed by atoms with van der Waals surface area (Å²) in [6.07, 6.45) is -1.48. The van der Waals surface area contributed by atoms with Gasteiger partial charge in [-0.25, -0.2) is 4.98 Å². The zero-order valence-corrected chi connectivity index (χ0v) is 20.9. The van der Waals surface area contributed by atoms with Crippen molar-refractivity contribution in [2.45, 2.75) is 26.3 Å². The van der Waals surface area contributed by atoms with Gasteiger partial charge in [-0.1, -0.05) is 6.07 Å². The second-order valence-corrected chi connectivity index (χ2v) is 9.05. The van der Waals surface area contributed by atoms with Crippen molar-refractivity contribution in [2.75, 3.05) is 14.2 Å². The lowest BCUT2D eigenvalue weighted by atomic mass is 10.00. The van der Waals surface area contributed by atoms with Gasteiger partial charge < -0.3 is 24.6 Å². The number of halogens is 3. The third-order valence-corrected chi connectivity index (χ3v) is 6.55. The number of aromatic nitrogens is 1. The average molecular weight is 533 g/mol. The predicted molar refractivity (Wildman–Crippen MR) is 133 cm³/mol. The highest BCUT2D eigenvalue weighted by molar-refractivity contribution is 7.09. The summed E-state index contributed by atoms with van der Waals surface area (Å²) in [6.45, 7) is 2.05. The van der Waals surface area contributed by atoms with Crippen LogP contribution in [0.2, 0.25) is 0 Å². The van der Waals surface area contributed by atoms with Crippen LogP contribution < -0.4 is 19.5 Å². The van der Waals surface area contributed by atoms with E-state index in [1.54, 1.807) is 36.7 Å². The van der Waals surface area contributed by atoms with Gasteiger partial charge >= 0.3 is 6.36 Å². The van der Waals surface area contributed by atoms with Gasteiger partial charge in [0.2, 0.25) is 11.7 Å². The number of nitrogens with one attached hydrogen (secondary N) is 1. The number of phenolic OH excluding ortho intramolecular Hbond substituents is 1. The van der Waals surface area contributed by atoms with Crippen LogP contribution in [0.5, 0.6) is 23.0 Å². The molecule has 1 aliphatic carbocycles. The van der Waals surface area contributed by atoms with Crippen molar-refractivity contribution >= 4 is 34.5 Å². The highest BCUT2D eigenvalue weighted by Crippen LogP contribution is 2.46. The summed E-state index contributed by atoms with van der Waals surface area (Å²) in [5, 5.41) is 15.6. The summed E-state index contributed by atoms with van der Waals surface area (Å²) < 4.78 is 53.3. The number of benzene rings is 2. The molecule has 194 valence electrons. The third-order valence-electron chi connectivity index (χ3n) is 5.77. The van der Waals surface area contributed by atoms with E-state index in [1.807, 2.05) is 0 Å². The first-order valence-electron chi connectivity index (χ1n) is 11.0. The average Bonchev–Trinajstić information content (AvgIpc) is 3.45. The zero-order chi connectivity index (χ0) is 26.7. The number of ether oxygens (including phenoxy) is 3. The molecule has 0 spiro atoms. The number of rotatable bonds is 8. The minimum Gasteiger partial charge on any atom is -0.502 e. The summed E-state index contributed by atoms with van der Waals surface area (Å²) in [5.74, 6) is -0.442. The molecule has 0 radical (unpaired) electrons. The van der Waals surface area contributed by atoms with Crippen molar-refractivity contribution in [2.24, 2.45) is 0 Å². The first kappa shape index (κ1) is 26.1. The molecule has 4 rings (SSSR count). The highest BCUT2D eigenvalue weighted by Gasteiger charge is 2.33. The fourth-order valence-electron chi connectivity index (χ4n) is 4.09. The maximum Gasteiger partial charge on any atom is 0.573 e. The number of methoxy groups -OCH3 is 2. The fraction of sp³-hybridized carbons (Fsp3) is 0.231. The van der Waals surface area contributed by atoms with E-state index in [-0.39, 0.29) is 41.9 Å². The molecule has 0 fully saturated rings. The molecule has 7 nitrogen and oxygen atoms in total. The molecule has 1 aromatic heterocycles. The molecule has 0 bridgehead atoms. The molecule has 0 unspecified atom stereocenters. The molecule has 0 saturated heterocycles. The number of carbonyl (C=O) groups excluding carboxylic acids is 1. The minimum atomic E-state index is -4.85. The number of hydrogen-bond acceptors (Lipinski definition) is 7. The Morgan fingerprint density at radius 2 is 1.84 bits per heavy atom. The standard InChI is InChI=1S/C26H23F3N2O5S/c1-14-18(8-15-9-21(34-2)25(33)22(10-15)35-3)17-5-4-16(36-26(27,28)29)11-20(17)19(14)12-23(32)31-13-24-30-6-7-37-24/h4-11,33H,12-13H2,1-3H3,(H,31,32). The van der Waals surface area contributed by atoms with Crippen LogP contribution in [0.3, 0.4) is 0 Å². The quantitative estimate of drug-likeness (QED) is 0.381. The second-order valence-electron chi connectivity index (χ2n) is 8.07. The molecule has 0 aliphatic heterocycles. The van der Waals surface area contributed by atoms with E-state index in [2.05, 4.69) is 15.0 Å². The van der Waals surface area contributed by atoms with Crippen molar-refractivity contribution < 1.29 is 37.3 Å². The molecule has 1 aliphatic rings. The lowest BCUT2D eigenvalue weighted by molar-refractivity contribution is -0.274. The van der Waals surface area contributed by atoms with Gasteiger partial charge in [0.15, 0.2) is 11.5 Å². The number of phenols is 1. The van der Waals surface area contributed by atoms with E-state index >= 15 is 0 Å². The van der Waals surface area contributed by atoms with Crippen molar-refractivity contribution in [1.82, 2.24) is 10.3 Å². The van der Waals surface area contributed by atoms with Gasteiger partial charge in [0.1, 0.15) is 10.8 Å². The van der Waals surface area contributed by atoms with E-state index < -0.39 is 6.36 Å². The Kier molecular flexibility index (Phi) is 7.44. The Labute approximate surface area is 214 Å². The van der Waals surface area contributed by atoms with Gasteiger partial charge in [-0.3, -0.25) is 4.79 Å². The topological polar surface area (TPSA) is 89.9 Å². The molecule has 1 heterocycles. The highest BCUT2D eigenvalue weighted by atomic mass is 32.1. The SMILES string of the molecule is COc1cc(C=C2C(C)=C(CC(=O)NCc3nccs3)c3cc(OC(F)(F)F)ccc32)cc(OC)c1O. The van der Waals surface area contributed by atoms with E-state index in [4.69, 9.17) is 9.47 Å². The lowest BCUT2D eigenvalue weighted by Gasteiger charge is -2.12. The number of carbonyl (C=O) groups is 1. The van der Waals surface area contributed by atoms with Crippen LogP contribution >= 0.6 is 11.3 Å². The summed E-state index contributed by atoms with van der Waals surface area (Å²) in [4.78, 5) is 16.9. The third kappa shape index (κ3) is 5.88. The van der Waals surface area contributed by atoms with E-state index in [9.17, 15) is 23.1 Å². The summed E-state index contributed by atoms with van der Waals surface area (Å²) in [7, 11) is 2.82. The first-order chi connectivity index (χ1) is 17.6. The van der Waals surface area contributed by atoms with Crippen molar-refractivity contribution in [1.29, 1.82) is 0 Å². The molecular weight excluding hydrogens is 509 g/mol. The van der Waals surface area contributed by atoms with Gasteiger partial charge in [-0.2, -0.15) is 0 Å². The van der Waals surface area contributed by atoms with Gasteiger partial charge in [-0.05, 0) is 70.7 Å². The molecule has 37 heavy (non-hydrogen) atoms. The van der Waals surface area contributed by atoms with E-state index in [1.165, 1.54) is 43.8 Å². The smallest absolute Gasteiger partial charge is 0.502 e. The number of aromatic hydroxyl groups is 1. The molecule has 0 atom stereocenters.